The third-order valence-corrected chi connectivity index (χ3v) is 10.7. The third kappa shape index (κ3) is 6.19. The number of fused-ring (bicyclic) bond motifs is 1. The van der Waals surface area contributed by atoms with Crippen LogP contribution in [0.1, 0.15) is 52.9 Å². The first-order valence-corrected chi connectivity index (χ1v) is 17.3. The Morgan fingerprint density at radius 2 is 1.92 bits per heavy atom. The molecule has 3 atom stereocenters. The minimum absolute atomic E-state index is 0.0694. The van der Waals surface area contributed by atoms with E-state index in [4.69, 9.17) is 21.3 Å². The number of likely N-dealkylation sites (tertiary alicyclic amines) is 1. The number of aliphatic hydroxyl groups is 1. The minimum Gasteiger partial charge on any atom is -0.481 e. The number of aliphatic hydroxyl groups excluding tert-OH is 1. The van der Waals surface area contributed by atoms with E-state index < -0.39 is 23.3 Å². The number of amides is 3. The molecule has 2 fully saturated rings. The molecule has 266 valence electrons. The number of benzene rings is 2. The Morgan fingerprint density at radius 3 is 2.65 bits per heavy atom. The van der Waals surface area contributed by atoms with Gasteiger partial charge in [-0.2, -0.15) is 0 Å². The van der Waals surface area contributed by atoms with Crippen molar-refractivity contribution in [2.45, 2.75) is 57.3 Å². The first-order chi connectivity index (χ1) is 24.4. The molecular formula is C37H40ClN7O6. The number of hydrogen-bond donors (Lipinski definition) is 4. The van der Waals surface area contributed by atoms with E-state index in [1.807, 2.05) is 31.2 Å². The van der Waals surface area contributed by atoms with Gasteiger partial charge in [0.2, 0.25) is 5.88 Å². The number of aromatic nitrogens is 3. The van der Waals surface area contributed by atoms with E-state index in [0.717, 1.165) is 74.9 Å². The van der Waals surface area contributed by atoms with Gasteiger partial charge < -0.3 is 25.8 Å². The number of carbonyl (C=O) groups excluding carboxylic acids is 2. The van der Waals surface area contributed by atoms with E-state index in [1.165, 1.54) is 20.2 Å². The van der Waals surface area contributed by atoms with Crippen molar-refractivity contribution in [2.75, 3.05) is 32.1 Å². The quantitative estimate of drug-likeness (QED) is 0.216. The van der Waals surface area contributed by atoms with Gasteiger partial charge in [-0.3, -0.25) is 23.6 Å². The van der Waals surface area contributed by atoms with Gasteiger partial charge in [0.15, 0.2) is 0 Å². The number of hydrogen-bond acceptors (Lipinski definition) is 8. The normalized spacial score (nSPS) is 20.3. The zero-order valence-electron chi connectivity index (χ0n) is 28.9. The molecule has 13 nitrogen and oxygen atoms in total. The van der Waals surface area contributed by atoms with Gasteiger partial charge in [0.05, 0.1) is 36.0 Å². The largest absolute Gasteiger partial charge is 0.481 e. The number of nitrogens with zero attached hydrogens (tertiary/aromatic N) is 4. The highest BCUT2D eigenvalue weighted by Crippen LogP contribution is 2.46. The Kier molecular flexibility index (Phi) is 8.98. The lowest BCUT2D eigenvalue weighted by Gasteiger charge is -2.28. The van der Waals surface area contributed by atoms with Crippen LogP contribution in [0.15, 0.2) is 58.3 Å². The van der Waals surface area contributed by atoms with Crippen LogP contribution in [0.4, 0.5) is 10.5 Å². The summed E-state index contributed by atoms with van der Waals surface area (Å²) >= 11 is 7.16. The molecule has 2 aromatic carbocycles. The van der Waals surface area contributed by atoms with Crippen LogP contribution in [0.5, 0.6) is 5.88 Å². The Balaban J connectivity index is 1.18. The molecule has 0 saturated carbocycles. The highest BCUT2D eigenvalue weighted by Gasteiger charge is 2.46. The molecule has 3 aliphatic rings. The summed E-state index contributed by atoms with van der Waals surface area (Å²) < 4.78 is 7.89. The maximum atomic E-state index is 13.4. The number of rotatable bonds is 8. The molecule has 1 aliphatic carbocycles. The van der Waals surface area contributed by atoms with Gasteiger partial charge >= 0.3 is 11.7 Å². The lowest BCUT2D eigenvalue weighted by molar-refractivity contribution is 0.102. The summed E-state index contributed by atoms with van der Waals surface area (Å²) in [5.74, 6) is -0.121. The second-order valence-electron chi connectivity index (χ2n) is 13.7. The van der Waals surface area contributed by atoms with Crippen molar-refractivity contribution in [1.29, 1.82) is 0 Å². The van der Waals surface area contributed by atoms with Crippen molar-refractivity contribution in [3.8, 4) is 28.3 Å². The van der Waals surface area contributed by atoms with Crippen LogP contribution in [0.2, 0.25) is 5.02 Å². The minimum atomic E-state index is -0.857. The average Bonchev–Trinajstić information content (AvgIpc) is 3.83. The van der Waals surface area contributed by atoms with Gasteiger partial charge in [-0.1, -0.05) is 41.9 Å². The molecule has 2 saturated heterocycles. The molecule has 51 heavy (non-hydrogen) atoms. The molecule has 4 N–H and O–H groups in total. The van der Waals surface area contributed by atoms with E-state index in [-0.39, 0.29) is 29.7 Å². The predicted molar refractivity (Wildman–Crippen MR) is 194 cm³/mol. The fraction of sp³-hybridized carbons (Fsp3) is 0.378. The Bertz CT molecular complexity index is 2200. The molecule has 3 unspecified atom stereocenters. The number of nitrogens with one attached hydrogen (secondary N) is 3. The van der Waals surface area contributed by atoms with E-state index in [1.54, 1.807) is 19.2 Å². The Labute approximate surface area is 299 Å². The van der Waals surface area contributed by atoms with Gasteiger partial charge in [0.1, 0.15) is 5.56 Å². The highest BCUT2D eigenvalue weighted by atomic mass is 35.5. The zero-order chi connectivity index (χ0) is 36.2. The number of anilines is 1. The van der Waals surface area contributed by atoms with E-state index >= 15 is 0 Å². The first kappa shape index (κ1) is 34.5. The van der Waals surface area contributed by atoms with Crippen LogP contribution in [-0.4, -0.2) is 74.4 Å². The van der Waals surface area contributed by atoms with Crippen LogP contribution in [0.25, 0.3) is 22.4 Å². The number of halogens is 1. The summed E-state index contributed by atoms with van der Waals surface area (Å²) in [5.41, 5.74) is 4.52. The molecule has 0 bridgehead atoms. The second-order valence-corrected chi connectivity index (χ2v) is 14.1. The van der Waals surface area contributed by atoms with Crippen LogP contribution >= 0.6 is 11.6 Å². The van der Waals surface area contributed by atoms with Gasteiger partial charge in [-0.25, -0.2) is 14.6 Å². The molecule has 7 rings (SSSR count). The average molecular weight is 714 g/mol. The summed E-state index contributed by atoms with van der Waals surface area (Å²) in [7, 11) is 2.93. The summed E-state index contributed by atoms with van der Waals surface area (Å²) in [6, 6.07) is 13.3. The zero-order valence-corrected chi connectivity index (χ0v) is 29.6. The molecule has 4 aromatic rings. The SMILES string of the molecule is COc1nc(-c2cccc(-c3cccc(NC(=O)c4cn(CC(C)O)c(=O)n(C)c4=O)c3C)c2Cl)cc2c1C(N1CCC3(CNC(=O)N3)C1)CC2. The molecule has 2 aromatic heterocycles. The highest BCUT2D eigenvalue weighted by molar-refractivity contribution is 6.36. The second kappa shape index (κ2) is 13.3. The van der Waals surface area contributed by atoms with E-state index in [0.29, 0.717) is 28.8 Å². The van der Waals surface area contributed by atoms with E-state index in [2.05, 4.69) is 26.9 Å². The molecule has 4 heterocycles. The number of ether oxygens (including phenoxy) is 1. The number of pyridine rings is 1. The Hall–Kier alpha value is -4.98. The molecule has 1 spiro atoms. The fourth-order valence-electron chi connectivity index (χ4n) is 7.72. The van der Waals surface area contributed by atoms with Crippen molar-refractivity contribution < 1.29 is 19.4 Å². The van der Waals surface area contributed by atoms with Crippen molar-refractivity contribution >= 4 is 29.2 Å². The van der Waals surface area contributed by atoms with Crippen LogP contribution in [0.3, 0.4) is 0 Å². The van der Waals surface area contributed by atoms with Gasteiger partial charge in [0, 0.05) is 61.3 Å². The van der Waals surface area contributed by atoms with Crippen molar-refractivity contribution in [2.24, 2.45) is 7.05 Å². The third-order valence-electron chi connectivity index (χ3n) is 10.3. The Morgan fingerprint density at radius 1 is 1.18 bits per heavy atom. The number of aryl methyl sites for hydroxylation is 1. The van der Waals surface area contributed by atoms with Gasteiger partial charge in [-0.05, 0) is 61.9 Å². The molecular weight excluding hydrogens is 674 g/mol. The lowest BCUT2D eigenvalue weighted by Crippen LogP contribution is -2.46. The predicted octanol–water partition coefficient (Wildman–Crippen LogP) is 3.62. The molecule has 14 heteroatoms. The van der Waals surface area contributed by atoms with Crippen LogP contribution < -0.4 is 31.9 Å². The molecule has 2 aliphatic heterocycles. The van der Waals surface area contributed by atoms with Crippen LogP contribution in [-0.2, 0) is 20.0 Å². The standard InChI is InChI=1S/C37H40ClN7O6/c1-20(46)16-45-17-26(34(48)43(3)36(45)50)32(47)40-27-10-6-7-23(21(27)2)24-8-5-9-25(31(24)38)28-15-22-11-12-29(30(22)33(41-28)51-4)44-14-13-37(19-44)18-39-35(49)42-37/h5-10,15,17,20,29,46H,11-14,16,18-19H2,1-4H3,(H,40,47)(H2,39,42,49). The summed E-state index contributed by atoms with van der Waals surface area (Å²) in [6.07, 6.45) is 2.99. The number of urea groups is 1. The fourth-order valence-corrected chi connectivity index (χ4v) is 8.05. The van der Waals surface area contributed by atoms with Crippen molar-refractivity contribution in [3.63, 3.8) is 0 Å². The molecule has 0 radical (unpaired) electrons. The smallest absolute Gasteiger partial charge is 0.330 e. The molecule has 3 amide bonds. The first-order valence-electron chi connectivity index (χ1n) is 17.0. The topological polar surface area (TPSA) is 160 Å². The van der Waals surface area contributed by atoms with Gasteiger partial charge in [0.25, 0.3) is 11.5 Å². The maximum absolute atomic E-state index is 13.4. The summed E-state index contributed by atoms with van der Waals surface area (Å²) in [5, 5.41) is 19.2. The summed E-state index contributed by atoms with van der Waals surface area (Å²) in [4.78, 5) is 58.1. The van der Waals surface area contributed by atoms with Gasteiger partial charge in [-0.15, -0.1) is 0 Å². The monoisotopic (exact) mass is 713 g/mol. The number of methoxy groups -OCH3 is 1. The van der Waals surface area contributed by atoms with Crippen LogP contribution in [0, 0.1) is 6.92 Å². The number of carbonyl (C=O) groups is 2. The van der Waals surface area contributed by atoms with E-state index in [9.17, 15) is 24.3 Å². The lowest BCUT2D eigenvalue weighted by atomic mass is 9.96. The summed E-state index contributed by atoms with van der Waals surface area (Å²) in [6.45, 7) is 5.56. The maximum Gasteiger partial charge on any atom is 0.330 e. The van der Waals surface area contributed by atoms with Crippen molar-refractivity contribution in [3.05, 3.63) is 96.8 Å². The van der Waals surface area contributed by atoms with Crippen molar-refractivity contribution in [1.82, 2.24) is 29.7 Å².